The minimum absolute atomic E-state index is 0.155. The third-order valence-electron chi connectivity index (χ3n) is 4.87. The van der Waals surface area contributed by atoms with Crippen molar-refractivity contribution in [3.05, 3.63) is 100 Å². The number of nitrogens with one attached hydrogen (secondary N) is 1. The lowest BCUT2D eigenvalue weighted by Crippen LogP contribution is -2.46. The zero-order chi connectivity index (χ0) is 21.8. The highest BCUT2D eigenvalue weighted by atomic mass is 35.5. The highest BCUT2D eigenvalue weighted by molar-refractivity contribution is 6.30. The molecule has 2 aromatic carbocycles. The minimum atomic E-state index is -4.67. The van der Waals surface area contributed by atoms with Crippen LogP contribution in [0.15, 0.2) is 66.9 Å². The van der Waals surface area contributed by atoms with Gasteiger partial charge in [0.2, 0.25) is 0 Å². The summed E-state index contributed by atoms with van der Waals surface area (Å²) in [4.78, 5) is 4.40. The summed E-state index contributed by atoms with van der Waals surface area (Å²) in [7, 11) is 0. The van der Waals surface area contributed by atoms with E-state index in [1.165, 1.54) is 6.20 Å². The highest BCUT2D eigenvalue weighted by Crippen LogP contribution is 2.37. The van der Waals surface area contributed by atoms with Gasteiger partial charge < -0.3 is 5.32 Å². The lowest BCUT2D eigenvalue weighted by molar-refractivity contribution is -0.137. The maximum Gasteiger partial charge on any atom is 0.416 e. The summed E-state index contributed by atoms with van der Waals surface area (Å²) in [5.74, 6) is -0.954. The van der Waals surface area contributed by atoms with E-state index in [-0.39, 0.29) is 12.0 Å². The predicted octanol–water partition coefficient (Wildman–Crippen LogP) is 6.38. The van der Waals surface area contributed by atoms with Crippen LogP contribution in [0, 0.1) is 5.82 Å². The van der Waals surface area contributed by atoms with Gasteiger partial charge in [0, 0.05) is 12.6 Å². The van der Waals surface area contributed by atoms with Crippen LogP contribution in [0.4, 0.5) is 17.6 Å². The Hall–Kier alpha value is -2.44. The van der Waals surface area contributed by atoms with Gasteiger partial charge in [-0.15, -0.1) is 0 Å². The van der Waals surface area contributed by atoms with Crippen molar-refractivity contribution >= 4 is 11.6 Å². The zero-order valence-corrected chi connectivity index (χ0v) is 17.1. The van der Waals surface area contributed by atoms with E-state index in [1.807, 2.05) is 37.3 Å². The molecule has 30 heavy (non-hydrogen) atoms. The molecule has 1 aromatic heterocycles. The van der Waals surface area contributed by atoms with Gasteiger partial charge in [-0.05, 0) is 54.4 Å². The van der Waals surface area contributed by atoms with Crippen molar-refractivity contribution < 1.29 is 17.6 Å². The third-order valence-corrected chi connectivity index (χ3v) is 5.10. The average molecular weight is 437 g/mol. The second-order valence-corrected chi connectivity index (χ2v) is 7.52. The minimum Gasteiger partial charge on any atom is -0.302 e. The average Bonchev–Trinajstić information content (AvgIpc) is 2.71. The second kappa shape index (κ2) is 9.14. The molecular weight excluding hydrogens is 416 g/mol. The van der Waals surface area contributed by atoms with Gasteiger partial charge in [-0.2, -0.15) is 13.2 Å². The smallest absolute Gasteiger partial charge is 0.302 e. The molecule has 0 fully saturated rings. The molecule has 0 aliphatic carbocycles. The fourth-order valence-corrected chi connectivity index (χ4v) is 3.58. The monoisotopic (exact) mass is 436 g/mol. The van der Waals surface area contributed by atoms with E-state index in [2.05, 4.69) is 10.3 Å². The molecule has 1 unspecified atom stereocenters. The van der Waals surface area contributed by atoms with Crippen molar-refractivity contribution in [3.8, 4) is 0 Å². The molecule has 2 nitrogen and oxygen atoms in total. The van der Waals surface area contributed by atoms with Gasteiger partial charge in [0.25, 0.3) is 0 Å². The van der Waals surface area contributed by atoms with Crippen molar-refractivity contribution in [2.75, 3.05) is 6.54 Å². The van der Waals surface area contributed by atoms with E-state index in [4.69, 9.17) is 11.6 Å². The summed E-state index contributed by atoms with van der Waals surface area (Å²) in [6, 6.07) is 15.2. The van der Waals surface area contributed by atoms with Gasteiger partial charge in [0.1, 0.15) is 5.82 Å². The van der Waals surface area contributed by atoms with Crippen molar-refractivity contribution in [1.29, 1.82) is 0 Å². The van der Waals surface area contributed by atoms with E-state index in [1.54, 1.807) is 12.1 Å². The van der Waals surface area contributed by atoms with Gasteiger partial charge in [0.05, 0.1) is 21.8 Å². The Morgan fingerprint density at radius 2 is 1.67 bits per heavy atom. The van der Waals surface area contributed by atoms with Crippen LogP contribution < -0.4 is 5.32 Å². The predicted molar refractivity (Wildman–Crippen MR) is 110 cm³/mol. The number of benzene rings is 2. The molecule has 0 bridgehead atoms. The van der Waals surface area contributed by atoms with Crippen LogP contribution in [0.25, 0.3) is 0 Å². The molecule has 1 heterocycles. The van der Waals surface area contributed by atoms with E-state index in [0.29, 0.717) is 23.3 Å². The lowest BCUT2D eigenvalue weighted by Gasteiger charge is -2.36. The summed E-state index contributed by atoms with van der Waals surface area (Å²) < 4.78 is 54.7. The highest BCUT2D eigenvalue weighted by Gasteiger charge is 2.39. The molecule has 0 saturated carbocycles. The van der Waals surface area contributed by atoms with E-state index >= 15 is 0 Å². The molecule has 1 N–H and O–H groups in total. The summed E-state index contributed by atoms with van der Waals surface area (Å²) in [6.07, 6.45) is -2.23. The van der Waals surface area contributed by atoms with Gasteiger partial charge in [-0.25, -0.2) is 4.39 Å². The molecule has 0 spiro atoms. The fraction of sp³-hybridized carbons (Fsp3) is 0.261. The first-order chi connectivity index (χ1) is 14.2. The number of nitrogens with zero attached hydrogens (tertiary/aromatic N) is 1. The van der Waals surface area contributed by atoms with Crippen LogP contribution in [0.5, 0.6) is 0 Å². The fourth-order valence-electron chi connectivity index (χ4n) is 3.46. The largest absolute Gasteiger partial charge is 0.416 e. The van der Waals surface area contributed by atoms with Crippen LogP contribution in [-0.4, -0.2) is 11.5 Å². The molecule has 3 aromatic rings. The molecule has 158 valence electrons. The number of hydrogen-bond acceptors (Lipinski definition) is 2. The van der Waals surface area contributed by atoms with E-state index in [0.717, 1.165) is 24.1 Å². The van der Waals surface area contributed by atoms with Crippen molar-refractivity contribution in [2.24, 2.45) is 0 Å². The third kappa shape index (κ3) is 4.99. The summed E-state index contributed by atoms with van der Waals surface area (Å²) in [5.41, 5.74) is -0.730. The Balaban J connectivity index is 2.26. The first-order valence-electron chi connectivity index (χ1n) is 9.54. The number of rotatable bonds is 7. The van der Waals surface area contributed by atoms with Crippen LogP contribution in [0.2, 0.25) is 5.02 Å². The summed E-state index contributed by atoms with van der Waals surface area (Å²) in [6.45, 7) is 2.44. The first-order valence-corrected chi connectivity index (χ1v) is 9.91. The van der Waals surface area contributed by atoms with E-state index in [9.17, 15) is 17.6 Å². The van der Waals surface area contributed by atoms with Crippen molar-refractivity contribution in [1.82, 2.24) is 10.3 Å². The number of hydrogen-bond donors (Lipinski definition) is 1. The first kappa shape index (κ1) is 22.2. The summed E-state index contributed by atoms with van der Waals surface area (Å²) in [5, 5.41) is 3.75. The van der Waals surface area contributed by atoms with Crippen LogP contribution >= 0.6 is 11.6 Å². The van der Waals surface area contributed by atoms with Gasteiger partial charge in [-0.3, -0.25) is 4.98 Å². The van der Waals surface area contributed by atoms with Crippen molar-refractivity contribution in [3.63, 3.8) is 0 Å². The quantitative estimate of drug-likeness (QED) is 0.435. The SMILES string of the molecule is CCCNC(Cc1ccccc1)(c1cc(F)cc(C(F)(F)F)c1)c1ccc(Cl)cn1. The van der Waals surface area contributed by atoms with Gasteiger partial charge in [0.15, 0.2) is 0 Å². The van der Waals surface area contributed by atoms with Crippen LogP contribution in [-0.2, 0) is 18.1 Å². The normalized spacial score (nSPS) is 13.8. The Labute approximate surface area is 177 Å². The number of pyridine rings is 1. The summed E-state index contributed by atoms with van der Waals surface area (Å²) >= 11 is 5.99. The number of halogens is 5. The molecule has 0 aliphatic rings. The molecule has 0 radical (unpaired) electrons. The topological polar surface area (TPSA) is 24.9 Å². The Morgan fingerprint density at radius 1 is 0.967 bits per heavy atom. The van der Waals surface area contributed by atoms with Gasteiger partial charge >= 0.3 is 6.18 Å². The molecule has 1 atom stereocenters. The molecule has 0 saturated heterocycles. The maximum atomic E-state index is 14.4. The Morgan fingerprint density at radius 3 is 2.27 bits per heavy atom. The molecule has 0 aliphatic heterocycles. The number of aromatic nitrogens is 1. The maximum absolute atomic E-state index is 14.4. The standard InChI is InChI=1S/C23H21ClF4N2/c1-2-10-30-22(14-16-6-4-3-5-7-16,21-9-8-19(24)15-29-21)17-11-18(23(26,27)28)13-20(25)12-17/h3-9,11-13,15,30H,2,10,14H2,1H3. The second-order valence-electron chi connectivity index (χ2n) is 7.08. The molecule has 3 rings (SSSR count). The van der Waals surface area contributed by atoms with Crippen LogP contribution in [0.3, 0.4) is 0 Å². The Kier molecular flexibility index (Phi) is 6.78. The van der Waals surface area contributed by atoms with Crippen molar-refractivity contribution in [2.45, 2.75) is 31.5 Å². The van der Waals surface area contributed by atoms with E-state index < -0.39 is 23.1 Å². The molecule has 0 amide bonds. The van der Waals surface area contributed by atoms with Gasteiger partial charge in [-0.1, -0.05) is 48.9 Å². The number of alkyl halides is 3. The zero-order valence-electron chi connectivity index (χ0n) is 16.3. The molecule has 7 heteroatoms. The molecular formula is C23H21ClF4N2. The lowest BCUT2D eigenvalue weighted by atomic mass is 9.79. The van der Waals surface area contributed by atoms with Crippen LogP contribution in [0.1, 0.15) is 35.7 Å². The Bertz CT molecular complexity index is 975.